The number of rotatable bonds is 5. The van der Waals surface area contributed by atoms with Gasteiger partial charge in [-0.25, -0.2) is 14.8 Å². The number of aromatic hydroxyl groups is 1. The lowest BCUT2D eigenvalue weighted by Crippen LogP contribution is -2.09. The van der Waals surface area contributed by atoms with Crippen LogP contribution in [0.3, 0.4) is 0 Å². The van der Waals surface area contributed by atoms with Gasteiger partial charge in [-0.2, -0.15) is 0 Å². The fraction of sp³-hybridized carbons (Fsp3) is 0.316. The minimum atomic E-state index is -0.328. The first kappa shape index (κ1) is 18.1. The van der Waals surface area contributed by atoms with Gasteiger partial charge in [0.15, 0.2) is 0 Å². The zero-order valence-electron chi connectivity index (χ0n) is 15.2. The number of benzene rings is 1. The maximum Gasteiger partial charge on any atom is 0.348 e. The highest BCUT2D eigenvalue weighted by atomic mass is 32.1. The van der Waals surface area contributed by atoms with Crippen molar-refractivity contribution in [1.29, 1.82) is 0 Å². The van der Waals surface area contributed by atoms with Gasteiger partial charge in [-0.1, -0.05) is 13.8 Å². The molecule has 0 spiro atoms. The molecule has 6 nitrogen and oxygen atoms in total. The van der Waals surface area contributed by atoms with Crippen LogP contribution in [-0.4, -0.2) is 27.7 Å². The van der Waals surface area contributed by atoms with E-state index in [1.165, 1.54) is 17.7 Å². The maximum absolute atomic E-state index is 12.4. The molecule has 136 valence electrons. The van der Waals surface area contributed by atoms with Crippen LogP contribution in [0.15, 0.2) is 24.5 Å². The molecule has 0 radical (unpaired) electrons. The molecule has 0 aliphatic rings. The Kier molecular flexibility index (Phi) is 5.08. The van der Waals surface area contributed by atoms with Gasteiger partial charge in [-0.05, 0) is 49.1 Å². The summed E-state index contributed by atoms with van der Waals surface area (Å²) < 4.78 is 5.37. The number of nitrogens with one attached hydrogen (secondary N) is 1. The van der Waals surface area contributed by atoms with Crippen LogP contribution in [0.1, 0.15) is 34.6 Å². The number of phenols is 1. The van der Waals surface area contributed by atoms with E-state index in [0.29, 0.717) is 17.3 Å². The van der Waals surface area contributed by atoms with Crippen LogP contribution in [0.5, 0.6) is 5.75 Å². The Morgan fingerprint density at radius 1 is 1.31 bits per heavy atom. The van der Waals surface area contributed by atoms with Gasteiger partial charge in [0, 0.05) is 5.69 Å². The summed E-state index contributed by atoms with van der Waals surface area (Å²) in [5, 5.41) is 13.7. The molecule has 0 bridgehead atoms. The van der Waals surface area contributed by atoms with Crippen molar-refractivity contribution >= 4 is 39.0 Å². The van der Waals surface area contributed by atoms with E-state index in [2.05, 4.69) is 15.3 Å². The number of aromatic nitrogens is 2. The number of hydrogen-bond donors (Lipinski definition) is 2. The quantitative estimate of drug-likeness (QED) is 0.505. The summed E-state index contributed by atoms with van der Waals surface area (Å²) in [4.78, 5) is 22.3. The Labute approximate surface area is 155 Å². The highest BCUT2D eigenvalue weighted by Gasteiger charge is 2.21. The number of nitrogens with zero attached hydrogens (tertiary/aromatic N) is 2. The van der Waals surface area contributed by atoms with Crippen molar-refractivity contribution in [2.45, 2.75) is 27.7 Å². The van der Waals surface area contributed by atoms with E-state index in [-0.39, 0.29) is 17.6 Å². The van der Waals surface area contributed by atoms with Gasteiger partial charge in [-0.3, -0.25) is 0 Å². The number of hydrogen-bond acceptors (Lipinski definition) is 7. The van der Waals surface area contributed by atoms with E-state index >= 15 is 0 Å². The molecule has 0 saturated carbocycles. The van der Waals surface area contributed by atoms with Gasteiger partial charge in [0.25, 0.3) is 0 Å². The standard InChI is InChI=1S/C19H21N3O3S/c1-10(2)8-25-19(24)16-12(4)15-17(20-9-21-18(15)26-16)22-14-6-5-13(23)7-11(14)3/h5-7,9-10,23H,8H2,1-4H3,(H,20,21,22). The third-order valence-corrected chi connectivity index (χ3v) is 5.10. The smallest absolute Gasteiger partial charge is 0.348 e. The number of carbonyl (C=O) groups is 1. The summed E-state index contributed by atoms with van der Waals surface area (Å²) in [5.74, 6) is 0.789. The van der Waals surface area contributed by atoms with Gasteiger partial charge in [0.05, 0.1) is 12.0 Å². The molecule has 7 heteroatoms. The van der Waals surface area contributed by atoms with Crippen molar-refractivity contribution in [3.63, 3.8) is 0 Å². The molecule has 0 amide bonds. The first-order valence-electron chi connectivity index (χ1n) is 8.34. The van der Waals surface area contributed by atoms with Crippen molar-refractivity contribution in [3.05, 3.63) is 40.5 Å². The van der Waals surface area contributed by atoms with Crippen LogP contribution in [0.25, 0.3) is 10.2 Å². The predicted octanol–water partition coefficient (Wildman–Crippen LogP) is 4.57. The Balaban J connectivity index is 1.98. The van der Waals surface area contributed by atoms with Crippen molar-refractivity contribution in [3.8, 4) is 5.75 Å². The fourth-order valence-corrected chi connectivity index (χ4v) is 3.63. The van der Waals surface area contributed by atoms with Gasteiger partial charge in [0.1, 0.15) is 27.6 Å². The SMILES string of the molecule is Cc1cc(O)ccc1Nc1ncnc2sc(C(=O)OCC(C)C)c(C)c12. The first-order chi connectivity index (χ1) is 12.4. The normalized spacial score (nSPS) is 11.1. The summed E-state index contributed by atoms with van der Waals surface area (Å²) in [6.45, 7) is 8.16. The summed E-state index contributed by atoms with van der Waals surface area (Å²) in [6, 6.07) is 5.08. The third-order valence-electron chi connectivity index (χ3n) is 3.92. The molecule has 2 N–H and O–H groups in total. The monoisotopic (exact) mass is 371 g/mol. The number of phenolic OH excluding ortho intramolecular Hbond substituents is 1. The Bertz CT molecular complexity index is 966. The molecule has 2 heterocycles. The number of ether oxygens (including phenoxy) is 1. The summed E-state index contributed by atoms with van der Waals surface area (Å²) >= 11 is 1.31. The lowest BCUT2D eigenvalue weighted by molar-refractivity contribution is 0.0464. The molecule has 3 aromatic rings. The second kappa shape index (κ2) is 7.29. The number of esters is 1. The molecule has 0 aliphatic carbocycles. The van der Waals surface area contributed by atoms with Crippen molar-refractivity contribution < 1.29 is 14.6 Å². The molecule has 0 aliphatic heterocycles. The molecular weight excluding hydrogens is 350 g/mol. The van der Waals surface area contributed by atoms with E-state index in [1.807, 2.05) is 27.7 Å². The Morgan fingerprint density at radius 2 is 2.08 bits per heavy atom. The molecule has 0 saturated heterocycles. The molecule has 1 aromatic carbocycles. The molecule has 2 aromatic heterocycles. The zero-order valence-corrected chi connectivity index (χ0v) is 16.0. The van der Waals surface area contributed by atoms with E-state index in [9.17, 15) is 9.90 Å². The average Bonchev–Trinajstić information content (AvgIpc) is 2.93. The Hall–Kier alpha value is -2.67. The summed E-state index contributed by atoms with van der Waals surface area (Å²) in [5.41, 5.74) is 2.52. The lowest BCUT2D eigenvalue weighted by Gasteiger charge is -2.10. The average molecular weight is 371 g/mol. The molecule has 0 atom stereocenters. The lowest BCUT2D eigenvalue weighted by atomic mass is 10.1. The fourth-order valence-electron chi connectivity index (χ4n) is 2.58. The van der Waals surface area contributed by atoms with Gasteiger partial charge >= 0.3 is 5.97 Å². The van der Waals surface area contributed by atoms with Crippen LogP contribution in [-0.2, 0) is 4.74 Å². The van der Waals surface area contributed by atoms with Crippen LogP contribution in [0.4, 0.5) is 11.5 Å². The van der Waals surface area contributed by atoms with E-state index in [0.717, 1.165) is 27.0 Å². The maximum atomic E-state index is 12.4. The minimum absolute atomic E-state index is 0.211. The minimum Gasteiger partial charge on any atom is -0.508 e. The van der Waals surface area contributed by atoms with E-state index < -0.39 is 0 Å². The second-order valence-corrected chi connectivity index (χ2v) is 7.57. The van der Waals surface area contributed by atoms with Gasteiger partial charge in [0.2, 0.25) is 0 Å². The van der Waals surface area contributed by atoms with Gasteiger partial charge < -0.3 is 15.2 Å². The number of carbonyl (C=O) groups excluding carboxylic acids is 1. The highest BCUT2D eigenvalue weighted by Crippen LogP contribution is 2.35. The number of aryl methyl sites for hydroxylation is 2. The topological polar surface area (TPSA) is 84.3 Å². The molecule has 0 fully saturated rings. The highest BCUT2D eigenvalue weighted by molar-refractivity contribution is 7.20. The Morgan fingerprint density at radius 3 is 2.77 bits per heavy atom. The van der Waals surface area contributed by atoms with Crippen LogP contribution >= 0.6 is 11.3 Å². The van der Waals surface area contributed by atoms with E-state index in [1.54, 1.807) is 18.2 Å². The summed E-state index contributed by atoms with van der Waals surface area (Å²) in [7, 11) is 0. The third kappa shape index (κ3) is 3.62. The van der Waals surface area contributed by atoms with Crippen LogP contribution in [0.2, 0.25) is 0 Å². The molecule has 0 unspecified atom stereocenters. The molecule has 3 rings (SSSR count). The molecular formula is C19H21N3O3S. The van der Waals surface area contributed by atoms with Gasteiger partial charge in [-0.15, -0.1) is 11.3 Å². The number of fused-ring (bicyclic) bond motifs is 1. The first-order valence-corrected chi connectivity index (χ1v) is 9.16. The zero-order chi connectivity index (χ0) is 18.8. The van der Waals surface area contributed by atoms with Crippen molar-refractivity contribution in [2.75, 3.05) is 11.9 Å². The largest absolute Gasteiger partial charge is 0.508 e. The van der Waals surface area contributed by atoms with Crippen molar-refractivity contribution in [2.24, 2.45) is 5.92 Å². The number of anilines is 2. The second-order valence-electron chi connectivity index (χ2n) is 6.58. The van der Waals surface area contributed by atoms with E-state index in [4.69, 9.17) is 4.74 Å². The van der Waals surface area contributed by atoms with Crippen molar-refractivity contribution in [1.82, 2.24) is 9.97 Å². The van der Waals surface area contributed by atoms with Crippen LogP contribution in [0, 0.1) is 19.8 Å². The molecule has 26 heavy (non-hydrogen) atoms. The predicted molar refractivity (Wildman–Crippen MR) is 103 cm³/mol. The number of thiophene rings is 1. The van der Waals surface area contributed by atoms with Crippen LogP contribution < -0.4 is 5.32 Å². The summed E-state index contributed by atoms with van der Waals surface area (Å²) in [6.07, 6.45) is 1.47.